The number of fused-ring (bicyclic) bond motifs is 1. The van der Waals surface area contributed by atoms with Crippen molar-refractivity contribution in [1.29, 1.82) is 0 Å². The first-order chi connectivity index (χ1) is 9.58. The summed E-state index contributed by atoms with van der Waals surface area (Å²) < 4.78 is 2.92. The predicted octanol–water partition coefficient (Wildman–Crippen LogP) is 3.48. The van der Waals surface area contributed by atoms with Gasteiger partial charge >= 0.3 is 0 Å². The second kappa shape index (κ2) is 5.17. The van der Waals surface area contributed by atoms with E-state index in [-0.39, 0.29) is 11.7 Å². The zero-order chi connectivity index (χ0) is 14.3. The molecule has 0 amide bonds. The van der Waals surface area contributed by atoms with E-state index in [1.54, 1.807) is 0 Å². The summed E-state index contributed by atoms with van der Waals surface area (Å²) >= 11 is 3.58. The van der Waals surface area contributed by atoms with Crippen LogP contribution in [0.1, 0.15) is 33.7 Å². The predicted molar refractivity (Wildman–Crippen MR) is 81.9 cm³/mol. The second-order valence-electron chi connectivity index (χ2n) is 5.43. The van der Waals surface area contributed by atoms with Gasteiger partial charge in [-0.2, -0.15) is 5.10 Å². The van der Waals surface area contributed by atoms with Crippen LogP contribution in [0.25, 0.3) is 0 Å². The minimum atomic E-state index is 0.0657. The number of carbonyl (C=O) groups excluding carboxylic acids is 1. The van der Waals surface area contributed by atoms with Gasteiger partial charge in [0.25, 0.3) is 0 Å². The van der Waals surface area contributed by atoms with Gasteiger partial charge in [-0.15, -0.1) is 0 Å². The monoisotopic (exact) mass is 332 g/mol. The Labute approximate surface area is 127 Å². The standard InChI is InChI=1S/C16H17BrN2O/c1-10-15(17)14(19(2)18-10)9-12-8-7-11-5-3-4-6-13(11)16(12)20/h3-6,12H,7-9H2,1-2H3. The molecule has 0 N–H and O–H groups in total. The molecule has 0 fully saturated rings. The van der Waals surface area contributed by atoms with E-state index in [4.69, 9.17) is 0 Å². The van der Waals surface area contributed by atoms with Crippen LogP contribution in [0.3, 0.4) is 0 Å². The average molecular weight is 333 g/mol. The summed E-state index contributed by atoms with van der Waals surface area (Å²) in [6, 6.07) is 7.97. The summed E-state index contributed by atoms with van der Waals surface area (Å²) in [6.45, 7) is 1.98. The number of Topliss-reactive ketones (excluding diaryl/α,β-unsaturated/α-hetero) is 1. The molecule has 1 heterocycles. The van der Waals surface area contributed by atoms with Crippen molar-refractivity contribution >= 4 is 21.7 Å². The van der Waals surface area contributed by atoms with E-state index < -0.39 is 0 Å². The van der Waals surface area contributed by atoms with Crippen molar-refractivity contribution in [1.82, 2.24) is 9.78 Å². The SMILES string of the molecule is Cc1nn(C)c(CC2CCc3ccccc3C2=O)c1Br. The summed E-state index contributed by atoms with van der Waals surface area (Å²) in [4.78, 5) is 12.6. The Balaban J connectivity index is 1.88. The molecule has 0 bridgehead atoms. The Kier molecular flexibility index (Phi) is 3.50. The number of hydrogen-bond donors (Lipinski definition) is 0. The van der Waals surface area contributed by atoms with Gasteiger partial charge in [0.1, 0.15) is 0 Å². The van der Waals surface area contributed by atoms with Gasteiger partial charge in [-0.25, -0.2) is 0 Å². The Morgan fingerprint density at radius 2 is 2.15 bits per heavy atom. The number of rotatable bonds is 2. The number of hydrogen-bond acceptors (Lipinski definition) is 2. The number of benzene rings is 1. The topological polar surface area (TPSA) is 34.9 Å². The maximum absolute atomic E-state index is 12.6. The van der Waals surface area contributed by atoms with Crippen LogP contribution in [0.2, 0.25) is 0 Å². The lowest BCUT2D eigenvalue weighted by molar-refractivity contribution is 0.0900. The van der Waals surface area contributed by atoms with Crippen molar-refractivity contribution in [2.24, 2.45) is 13.0 Å². The fraction of sp³-hybridized carbons (Fsp3) is 0.375. The maximum Gasteiger partial charge on any atom is 0.166 e. The van der Waals surface area contributed by atoms with E-state index in [1.165, 1.54) is 5.56 Å². The van der Waals surface area contributed by atoms with Crippen LogP contribution in [0, 0.1) is 12.8 Å². The molecular weight excluding hydrogens is 316 g/mol. The Morgan fingerprint density at radius 1 is 1.40 bits per heavy atom. The summed E-state index contributed by atoms with van der Waals surface area (Å²) in [5.41, 5.74) is 4.18. The van der Waals surface area contributed by atoms with Crippen LogP contribution in [-0.2, 0) is 19.9 Å². The van der Waals surface area contributed by atoms with Crippen molar-refractivity contribution in [2.75, 3.05) is 0 Å². The van der Waals surface area contributed by atoms with E-state index in [2.05, 4.69) is 27.1 Å². The summed E-state index contributed by atoms with van der Waals surface area (Å²) in [5.74, 6) is 0.341. The van der Waals surface area contributed by atoms with Crippen molar-refractivity contribution in [3.63, 3.8) is 0 Å². The Bertz CT molecular complexity index is 675. The molecule has 1 unspecified atom stereocenters. The van der Waals surface area contributed by atoms with Crippen LogP contribution in [-0.4, -0.2) is 15.6 Å². The number of aryl methyl sites for hydroxylation is 3. The number of ketones is 1. The zero-order valence-electron chi connectivity index (χ0n) is 11.7. The fourth-order valence-electron chi connectivity index (χ4n) is 2.99. The molecule has 1 atom stereocenters. The third-order valence-electron chi connectivity index (χ3n) is 4.12. The molecule has 4 heteroatoms. The van der Waals surface area contributed by atoms with Crippen LogP contribution < -0.4 is 0 Å². The molecule has 0 aliphatic heterocycles. The minimum Gasteiger partial charge on any atom is -0.294 e. The first-order valence-electron chi connectivity index (χ1n) is 6.88. The summed E-state index contributed by atoms with van der Waals surface area (Å²) in [6.07, 6.45) is 2.67. The molecule has 1 aliphatic carbocycles. The highest BCUT2D eigenvalue weighted by molar-refractivity contribution is 9.10. The van der Waals surface area contributed by atoms with E-state index >= 15 is 0 Å². The first-order valence-corrected chi connectivity index (χ1v) is 7.67. The van der Waals surface area contributed by atoms with Gasteiger partial charge in [0.2, 0.25) is 0 Å². The lowest BCUT2D eigenvalue weighted by atomic mass is 9.80. The molecule has 0 radical (unpaired) electrons. The smallest absolute Gasteiger partial charge is 0.166 e. The van der Waals surface area contributed by atoms with Crippen LogP contribution in [0.5, 0.6) is 0 Å². The van der Waals surface area contributed by atoms with Gasteiger partial charge in [-0.1, -0.05) is 24.3 Å². The highest BCUT2D eigenvalue weighted by Gasteiger charge is 2.28. The van der Waals surface area contributed by atoms with Crippen LogP contribution >= 0.6 is 15.9 Å². The van der Waals surface area contributed by atoms with Crippen molar-refractivity contribution in [2.45, 2.75) is 26.2 Å². The first kappa shape index (κ1) is 13.6. The molecule has 1 aromatic heterocycles. The van der Waals surface area contributed by atoms with Gasteiger partial charge in [0.05, 0.1) is 15.9 Å². The number of aromatic nitrogens is 2. The second-order valence-corrected chi connectivity index (χ2v) is 6.22. The van der Waals surface area contributed by atoms with Gasteiger partial charge in [0, 0.05) is 24.9 Å². The molecule has 1 aromatic carbocycles. The molecule has 3 rings (SSSR count). The third kappa shape index (κ3) is 2.22. The number of carbonyl (C=O) groups is 1. The molecular formula is C16H17BrN2O. The summed E-state index contributed by atoms with van der Waals surface area (Å²) in [7, 11) is 1.94. The fourth-order valence-corrected chi connectivity index (χ4v) is 3.49. The minimum absolute atomic E-state index is 0.0657. The lowest BCUT2D eigenvalue weighted by Crippen LogP contribution is -2.25. The Morgan fingerprint density at radius 3 is 2.85 bits per heavy atom. The van der Waals surface area contributed by atoms with Crippen LogP contribution in [0.4, 0.5) is 0 Å². The lowest BCUT2D eigenvalue weighted by Gasteiger charge is -2.23. The van der Waals surface area contributed by atoms with Crippen molar-refractivity contribution in [3.05, 3.63) is 51.3 Å². The molecule has 0 spiro atoms. The molecule has 20 heavy (non-hydrogen) atoms. The van der Waals surface area contributed by atoms with Crippen molar-refractivity contribution < 1.29 is 4.79 Å². The highest BCUT2D eigenvalue weighted by Crippen LogP contribution is 2.30. The quantitative estimate of drug-likeness (QED) is 0.843. The van der Waals surface area contributed by atoms with Gasteiger partial charge < -0.3 is 0 Å². The van der Waals surface area contributed by atoms with E-state index in [9.17, 15) is 4.79 Å². The molecule has 2 aromatic rings. The van der Waals surface area contributed by atoms with Crippen molar-refractivity contribution in [3.8, 4) is 0 Å². The van der Waals surface area contributed by atoms with E-state index in [0.29, 0.717) is 0 Å². The molecule has 0 saturated heterocycles. The molecule has 3 nitrogen and oxygen atoms in total. The van der Waals surface area contributed by atoms with E-state index in [0.717, 1.165) is 40.7 Å². The van der Waals surface area contributed by atoms with Crippen LogP contribution in [0.15, 0.2) is 28.7 Å². The number of halogens is 1. The van der Waals surface area contributed by atoms with E-state index in [1.807, 2.05) is 36.9 Å². The highest BCUT2D eigenvalue weighted by atomic mass is 79.9. The normalized spacial score (nSPS) is 18.1. The largest absolute Gasteiger partial charge is 0.294 e. The van der Waals surface area contributed by atoms with Gasteiger partial charge in [0.15, 0.2) is 5.78 Å². The molecule has 0 saturated carbocycles. The Hall–Kier alpha value is -1.42. The zero-order valence-corrected chi connectivity index (χ0v) is 13.3. The maximum atomic E-state index is 12.6. The van der Waals surface area contributed by atoms with Gasteiger partial charge in [-0.05, 0) is 41.3 Å². The van der Waals surface area contributed by atoms with Gasteiger partial charge in [-0.3, -0.25) is 9.48 Å². The third-order valence-corrected chi connectivity index (χ3v) is 5.15. The average Bonchev–Trinajstić information content (AvgIpc) is 2.68. The number of nitrogens with zero attached hydrogens (tertiary/aromatic N) is 2. The molecule has 104 valence electrons. The summed E-state index contributed by atoms with van der Waals surface area (Å²) in [5, 5.41) is 4.40. The molecule has 1 aliphatic rings.